The summed E-state index contributed by atoms with van der Waals surface area (Å²) in [5.74, 6) is 0. The van der Waals surface area contributed by atoms with Crippen LogP contribution < -0.4 is 10.6 Å². The number of nitrogens with one attached hydrogen (secondary N) is 2. The van der Waals surface area contributed by atoms with Gasteiger partial charge >= 0.3 is 6.03 Å². The van der Waals surface area contributed by atoms with Crippen LogP contribution in [0.25, 0.3) is 11.3 Å². The Morgan fingerprint density at radius 2 is 1.86 bits per heavy atom. The van der Waals surface area contributed by atoms with E-state index >= 15 is 0 Å². The van der Waals surface area contributed by atoms with Crippen LogP contribution in [0.3, 0.4) is 0 Å². The third kappa shape index (κ3) is 4.28. The van der Waals surface area contributed by atoms with Crippen LogP contribution in [0.4, 0.5) is 9.93 Å². The molecule has 2 aromatic rings. The zero-order valence-electron chi connectivity index (χ0n) is 12.5. The smallest absolute Gasteiger partial charge is 0.321 e. The number of sulfone groups is 1. The van der Waals surface area contributed by atoms with Gasteiger partial charge in [0.1, 0.15) is 0 Å². The molecule has 2 amide bonds. The van der Waals surface area contributed by atoms with E-state index in [1.807, 2.05) is 13.8 Å². The van der Waals surface area contributed by atoms with E-state index in [9.17, 15) is 13.2 Å². The summed E-state index contributed by atoms with van der Waals surface area (Å²) < 4.78 is 22.9. The molecule has 1 aromatic heterocycles. The highest BCUT2D eigenvalue weighted by molar-refractivity contribution is 7.90. The van der Waals surface area contributed by atoms with E-state index in [0.29, 0.717) is 10.8 Å². The molecule has 6 nitrogen and oxygen atoms in total. The van der Waals surface area contributed by atoms with E-state index in [1.165, 1.54) is 17.6 Å². The van der Waals surface area contributed by atoms with Crippen LogP contribution in [-0.2, 0) is 9.84 Å². The number of carbonyl (C=O) groups excluding carboxylic acids is 1. The molecular weight excluding hydrogens is 322 g/mol. The van der Waals surface area contributed by atoms with Crippen molar-refractivity contribution in [2.24, 2.45) is 0 Å². The van der Waals surface area contributed by atoms with Crippen molar-refractivity contribution in [1.82, 2.24) is 10.3 Å². The second-order valence-electron chi connectivity index (χ2n) is 5.09. The predicted molar refractivity (Wildman–Crippen MR) is 88.0 cm³/mol. The normalized spacial score (nSPS) is 11.5. The minimum Gasteiger partial charge on any atom is -0.336 e. The van der Waals surface area contributed by atoms with Crippen LogP contribution >= 0.6 is 11.3 Å². The van der Waals surface area contributed by atoms with Crippen LogP contribution in [0.1, 0.15) is 13.8 Å². The van der Waals surface area contributed by atoms with Gasteiger partial charge in [-0.05, 0) is 26.0 Å². The fraction of sp³-hybridized carbons (Fsp3) is 0.286. The van der Waals surface area contributed by atoms with Crippen LogP contribution in [-0.4, -0.2) is 31.7 Å². The predicted octanol–water partition coefficient (Wildman–Crippen LogP) is 2.74. The lowest BCUT2D eigenvalue weighted by Gasteiger charge is -2.07. The SMILES string of the molecule is CC(C)NC(=O)Nc1nc(-c2ccc(S(C)(=O)=O)cc2)cs1. The number of anilines is 1. The minimum atomic E-state index is -3.21. The maximum absolute atomic E-state index is 11.6. The number of thiazole rings is 1. The van der Waals surface area contributed by atoms with Gasteiger partial charge in [0.05, 0.1) is 10.6 Å². The lowest BCUT2D eigenvalue weighted by Crippen LogP contribution is -2.34. The van der Waals surface area contributed by atoms with Crippen LogP contribution in [0.15, 0.2) is 34.5 Å². The molecule has 0 radical (unpaired) electrons. The molecule has 1 aromatic carbocycles. The Kier molecular flexibility index (Phi) is 4.82. The lowest BCUT2D eigenvalue weighted by molar-refractivity contribution is 0.250. The third-order valence-corrected chi connectivity index (χ3v) is 4.61. The van der Waals surface area contributed by atoms with E-state index < -0.39 is 9.84 Å². The van der Waals surface area contributed by atoms with Crippen molar-refractivity contribution in [3.8, 4) is 11.3 Å². The van der Waals surface area contributed by atoms with E-state index in [1.54, 1.807) is 29.6 Å². The first-order chi connectivity index (χ1) is 10.3. The highest BCUT2D eigenvalue weighted by Gasteiger charge is 2.10. The number of urea groups is 1. The molecule has 118 valence electrons. The number of hydrogen-bond donors (Lipinski definition) is 2. The fourth-order valence-electron chi connectivity index (χ4n) is 1.73. The molecule has 0 spiro atoms. The first kappa shape index (κ1) is 16.4. The number of carbonyl (C=O) groups is 1. The molecule has 2 N–H and O–H groups in total. The first-order valence-electron chi connectivity index (χ1n) is 6.59. The van der Waals surface area contributed by atoms with Gasteiger partial charge in [0.25, 0.3) is 0 Å². The first-order valence-corrected chi connectivity index (χ1v) is 9.36. The fourth-order valence-corrected chi connectivity index (χ4v) is 3.08. The molecule has 0 aliphatic rings. The summed E-state index contributed by atoms with van der Waals surface area (Å²) in [6, 6.07) is 6.23. The van der Waals surface area contributed by atoms with E-state index in [2.05, 4.69) is 15.6 Å². The van der Waals surface area contributed by atoms with Crippen LogP contribution in [0, 0.1) is 0 Å². The number of benzene rings is 1. The molecular formula is C14H17N3O3S2. The lowest BCUT2D eigenvalue weighted by atomic mass is 10.2. The Bertz CT molecular complexity index is 765. The summed E-state index contributed by atoms with van der Waals surface area (Å²) in [6.45, 7) is 3.74. The number of rotatable bonds is 4. The van der Waals surface area contributed by atoms with Gasteiger partial charge in [-0.1, -0.05) is 12.1 Å². The molecule has 0 aliphatic carbocycles. The number of hydrogen-bond acceptors (Lipinski definition) is 5. The largest absolute Gasteiger partial charge is 0.336 e. The molecule has 0 saturated carbocycles. The summed E-state index contributed by atoms with van der Waals surface area (Å²) in [7, 11) is -3.21. The van der Waals surface area contributed by atoms with Gasteiger partial charge < -0.3 is 5.32 Å². The Balaban J connectivity index is 2.13. The van der Waals surface area contributed by atoms with Crippen molar-refractivity contribution >= 4 is 32.3 Å². The summed E-state index contributed by atoms with van der Waals surface area (Å²) >= 11 is 1.31. The number of amides is 2. The van der Waals surface area contributed by atoms with Gasteiger partial charge in [-0.25, -0.2) is 18.2 Å². The zero-order valence-corrected chi connectivity index (χ0v) is 14.1. The topological polar surface area (TPSA) is 88.2 Å². The van der Waals surface area contributed by atoms with Crippen molar-refractivity contribution in [3.63, 3.8) is 0 Å². The second-order valence-corrected chi connectivity index (χ2v) is 7.96. The molecule has 0 aliphatic heterocycles. The van der Waals surface area contributed by atoms with Crippen LogP contribution in [0.5, 0.6) is 0 Å². The molecule has 22 heavy (non-hydrogen) atoms. The van der Waals surface area contributed by atoms with Gasteiger partial charge in [0, 0.05) is 23.2 Å². The van der Waals surface area contributed by atoms with E-state index in [-0.39, 0.29) is 17.0 Å². The Morgan fingerprint density at radius 1 is 1.23 bits per heavy atom. The molecule has 8 heteroatoms. The molecule has 0 unspecified atom stereocenters. The van der Waals surface area contributed by atoms with Crippen molar-refractivity contribution in [2.45, 2.75) is 24.8 Å². The second kappa shape index (κ2) is 6.45. The summed E-state index contributed by atoms with van der Waals surface area (Å²) in [4.78, 5) is 16.2. The molecule has 0 bridgehead atoms. The van der Waals surface area contributed by atoms with Crippen molar-refractivity contribution in [2.75, 3.05) is 11.6 Å². The minimum absolute atomic E-state index is 0.0444. The maximum atomic E-state index is 11.6. The van der Waals surface area contributed by atoms with Gasteiger partial charge in [0.15, 0.2) is 15.0 Å². The highest BCUT2D eigenvalue weighted by Crippen LogP contribution is 2.25. The number of nitrogens with zero attached hydrogens (tertiary/aromatic N) is 1. The summed E-state index contributed by atoms with van der Waals surface area (Å²) in [6.07, 6.45) is 1.17. The maximum Gasteiger partial charge on any atom is 0.321 e. The molecule has 1 heterocycles. The van der Waals surface area contributed by atoms with Gasteiger partial charge in [0.2, 0.25) is 0 Å². The van der Waals surface area contributed by atoms with Gasteiger partial charge in [-0.15, -0.1) is 11.3 Å². The summed E-state index contributed by atoms with van der Waals surface area (Å²) in [5.41, 5.74) is 1.48. The average Bonchev–Trinajstić information content (AvgIpc) is 2.85. The Hall–Kier alpha value is -1.93. The van der Waals surface area contributed by atoms with Crippen LogP contribution in [0.2, 0.25) is 0 Å². The Labute approximate surface area is 133 Å². The Morgan fingerprint density at radius 3 is 2.41 bits per heavy atom. The quantitative estimate of drug-likeness (QED) is 0.896. The monoisotopic (exact) mass is 339 g/mol. The zero-order chi connectivity index (χ0) is 16.3. The van der Waals surface area contributed by atoms with E-state index in [4.69, 9.17) is 0 Å². The molecule has 0 fully saturated rings. The highest BCUT2D eigenvalue weighted by atomic mass is 32.2. The molecule has 0 atom stereocenters. The average molecular weight is 339 g/mol. The van der Waals surface area contributed by atoms with Crippen molar-refractivity contribution in [1.29, 1.82) is 0 Å². The van der Waals surface area contributed by atoms with Gasteiger partial charge in [-0.3, -0.25) is 5.32 Å². The van der Waals surface area contributed by atoms with Gasteiger partial charge in [-0.2, -0.15) is 0 Å². The van der Waals surface area contributed by atoms with Crippen molar-refractivity contribution in [3.05, 3.63) is 29.6 Å². The van der Waals surface area contributed by atoms with Crippen molar-refractivity contribution < 1.29 is 13.2 Å². The summed E-state index contributed by atoms with van der Waals surface area (Å²) in [5, 5.41) is 7.67. The molecule has 2 rings (SSSR count). The third-order valence-electron chi connectivity index (χ3n) is 2.72. The van der Waals surface area contributed by atoms with E-state index in [0.717, 1.165) is 5.56 Å². The standard InChI is InChI=1S/C14H17N3O3S2/c1-9(2)15-13(18)17-14-16-12(8-21-14)10-4-6-11(7-5-10)22(3,19)20/h4-9H,1-3H3,(H2,15,16,17,18). The number of aromatic nitrogens is 1. The molecule has 0 saturated heterocycles.